The summed E-state index contributed by atoms with van der Waals surface area (Å²) in [6.07, 6.45) is 0. The van der Waals surface area contributed by atoms with Crippen molar-refractivity contribution >= 4 is 21.8 Å². The van der Waals surface area contributed by atoms with Gasteiger partial charge in [-0.25, -0.2) is 0 Å². The van der Waals surface area contributed by atoms with Gasteiger partial charge in [-0.2, -0.15) is 0 Å². The van der Waals surface area contributed by atoms with Gasteiger partial charge in [0.15, 0.2) is 0 Å². The Morgan fingerprint density at radius 3 is 1.25 bits per heavy atom. The summed E-state index contributed by atoms with van der Waals surface area (Å²) in [6, 6.07) is 64.5. The maximum atomic E-state index is 2.45. The lowest BCUT2D eigenvalue weighted by Gasteiger charge is -2.35. The molecule has 1 aliphatic rings. The average Bonchev–Trinajstić information content (AvgIpc) is 3.60. The van der Waals surface area contributed by atoms with Gasteiger partial charge >= 0.3 is 0 Å². The first-order chi connectivity index (χ1) is 21.9. The second-order valence-electron chi connectivity index (χ2n) is 11.6. The van der Waals surface area contributed by atoms with Crippen LogP contribution in [0.15, 0.2) is 176 Å². The molecule has 0 N–H and O–H groups in total. The molecule has 9 rings (SSSR count). The lowest BCUT2D eigenvalue weighted by atomic mass is 9.66. The Labute approximate surface area is 257 Å². The van der Waals surface area contributed by atoms with Gasteiger partial charge < -0.3 is 4.57 Å². The van der Waals surface area contributed by atoms with Crippen LogP contribution in [0.4, 0.5) is 0 Å². The van der Waals surface area contributed by atoms with Crippen molar-refractivity contribution in [2.24, 2.45) is 0 Å². The van der Waals surface area contributed by atoms with Gasteiger partial charge in [0, 0.05) is 16.3 Å². The van der Waals surface area contributed by atoms with Crippen LogP contribution < -0.4 is 0 Å². The van der Waals surface area contributed by atoms with Crippen molar-refractivity contribution in [3.63, 3.8) is 0 Å². The molecule has 0 atom stereocenters. The fourth-order valence-corrected chi connectivity index (χ4v) is 7.80. The second-order valence-corrected chi connectivity index (χ2v) is 11.6. The maximum absolute atomic E-state index is 2.45. The summed E-state index contributed by atoms with van der Waals surface area (Å²) in [4.78, 5) is 0. The van der Waals surface area contributed by atoms with Crippen molar-refractivity contribution in [2.75, 3.05) is 0 Å². The molecule has 7 aromatic carbocycles. The number of aromatic nitrogens is 1. The molecule has 1 nitrogen and oxygen atoms in total. The summed E-state index contributed by atoms with van der Waals surface area (Å²) >= 11 is 0. The predicted octanol–water partition coefficient (Wildman–Crippen LogP) is 10.8. The predicted molar refractivity (Wildman–Crippen MR) is 184 cm³/mol. The standard InChI is InChI=1S/C43H29N/c1-2-16-30(17-3-1)43(37-24-10-4-18-31(37)32-19-5-11-25-38(32)43)39-26-12-6-20-33(39)34-21-7-13-27-40(34)44-41-28-14-8-22-35(41)36-23-9-15-29-42(36)44/h1-29H. The Hall–Kier alpha value is -5.66. The van der Waals surface area contributed by atoms with Crippen LogP contribution in [0.2, 0.25) is 0 Å². The zero-order valence-corrected chi connectivity index (χ0v) is 24.2. The minimum atomic E-state index is -0.473. The monoisotopic (exact) mass is 559 g/mol. The van der Waals surface area contributed by atoms with E-state index in [1.54, 1.807) is 0 Å². The largest absolute Gasteiger partial charge is 0.309 e. The van der Waals surface area contributed by atoms with Gasteiger partial charge in [-0.1, -0.05) is 158 Å². The van der Waals surface area contributed by atoms with Crippen LogP contribution in [0.25, 0.3) is 49.7 Å². The topological polar surface area (TPSA) is 4.93 Å². The average molecular weight is 560 g/mol. The normalized spacial score (nSPS) is 13.2. The Morgan fingerprint density at radius 1 is 0.318 bits per heavy atom. The molecule has 8 aromatic rings. The summed E-state index contributed by atoms with van der Waals surface area (Å²) in [5.41, 5.74) is 13.4. The Bertz CT molecular complexity index is 2240. The molecule has 0 saturated heterocycles. The van der Waals surface area contributed by atoms with Crippen LogP contribution in [0.1, 0.15) is 22.3 Å². The lowest BCUT2D eigenvalue weighted by Crippen LogP contribution is -2.29. The summed E-state index contributed by atoms with van der Waals surface area (Å²) in [7, 11) is 0. The smallest absolute Gasteiger partial charge is 0.0719 e. The minimum Gasteiger partial charge on any atom is -0.309 e. The van der Waals surface area contributed by atoms with Gasteiger partial charge in [0.25, 0.3) is 0 Å². The van der Waals surface area contributed by atoms with Gasteiger partial charge in [-0.3, -0.25) is 0 Å². The van der Waals surface area contributed by atoms with Crippen LogP contribution in [-0.4, -0.2) is 4.57 Å². The molecule has 0 bridgehead atoms. The molecule has 0 saturated carbocycles. The first-order valence-corrected chi connectivity index (χ1v) is 15.3. The molecule has 1 heterocycles. The summed E-state index contributed by atoms with van der Waals surface area (Å²) in [6.45, 7) is 0. The Kier molecular flexibility index (Phi) is 5.48. The van der Waals surface area contributed by atoms with Crippen molar-refractivity contribution < 1.29 is 0 Å². The SMILES string of the molecule is c1ccc(C2(c3ccccc3-c3ccccc3-n3c4ccccc4c4ccccc43)c3ccccc3-c3ccccc32)cc1. The van der Waals surface area contributed by atoms with E-state index in [1.165, 1.54) is 72.0 Å². The lowest BCUT2D eigenvalue weighted by molar-refractivity contribution is 0.770. The number of fused-ring (bicyclic) bond motifs is 6. The van der Waals surface area contributed by atoms with E-state index >= 15 is 0 Å². The van der Waals surface area contributed by atoms with Crippen molar-refractivity contribution in [1.29, 1.82) is 0 Å². The molecular formula is C43H29N. The minimum absolute atomic E-state index is 0.473. The van der Waals surface area contributed by atoms with Gasteiger partial charge in [-0.15, -0.1) is 0 Å². The third kappa shape index (κ3) is 3.35. The molecule has 0 aliphatic heterocycles. The molecule has 0 spiro atoms. The highest BCUT2D eigenvalue weighted by Crippen LogP contribution is 2.57. The Balaban J connectivity index is 1.41. The number of rotatable bonds is 4. The molecule has 1 aromatic heterocycles. The molecular weight excluding hydrogens is 530 g/mol. The van der Waals surface area contributed by atoms with E-state index < -0.39 is 5.41 Å². The molecule has 0 fully saturated rings. The van der Waals surface area contributed by atoms with Crippen molar-refractivity contribution in [3.05, 3.63) is 198 Å². The van der Waals surface area contributed by atoms with Gasteiger partial charge in [-0.05, 0) is 57.1 Å². The highest BCUT2D eigenvalue weighted by Gasteiger charge is 2.47. The van der Waals surface area contributed by atoms with E-state index in [0.29, 0.717) is 0 Å². The fourth-order valence-electron chi connectivity index (χ4n) is 7.80. The first-order valence-electron chi connectivity index (χ1n) is 15.3. The third-order valence-corrected chi connectivity index (χ3v) is 9.51. The number of para-hydroxylation sites is 3. The maximum Gasteiger partial charge on any atom is 0.0719 e. The fraction of sp³-hybridized carbons (Fsp3) is 0.0233. The summed E-state index contributed by atoms with van der Waals surface area (Å²) < 4.78 is 2.45. The zero-order chi connectivity index (χ0) is 29.1. The van der Waals surface area contributed by atoms with Crippen LogP contribution in [0.5, 0.6) is 0 Å². The zero-order valence-electron chi connectivity index (χ0n) is 24.2. The molecule has 0 unspecified atom stereocenters. The van der Waals surface area contributed by atoms with E-state index in [2.05, 4.69) is 180 Å². The summed E-state index contributed by atoms with van der Waals surface area (Å²) in [5.74, 6) is 0. The quantitative estimate of drug-likeness (QED) is 0.202. The highest BCUT2D eigenvalue weighted by molar-refractivity contribution is 6.09. The van der Waals surface area contributed by atoms with E-state index in [1.807, 2.05) is 0 Å². The highest BCUT2D eigenvalue weighted by atomic mass is 15.0. The second kappa shape index (κ2) is 9.69. The van der Waals surface area contributed by atoms with Crippen LogP contribution in [0.3, 0.4) is 0 Å². The van der Waals surface area contributed by atoms with Crippen molar-refractivity contribution in [1.82, 2.24) is 4.57 Å². The van der Waals surface area contributed by atoms with E-state index in [-0.39, 0.29) is 0 Å². The number of hydrogen-bond acceptors (Lipinski definition) is 0. The number of nitrogens with zero attached hydrogens (tertiary/aromatic N) is 1. The molecule has 44 heavy (non-hydrogen) atoms. The van der Waals surface area contributed by atoms with Gasteiger partial charge in [0.05, 0.1) is 22.1 Å². The van der Waals surface area contributed by atoms with Crippen LogP contribution in [0, 0.1) is 0 Å². The van der Waals surface area contributed by atoms with Gasteiger partial charge in [0.2, 0.25) is 0 Å². The summed E-state index contributed by atoms with van der Waals surface area (Å²) in [5, 5.41) is 2.54. The molecule has 0 amide bonds. The Morgan fingerprint density at radius 2 is 0.705 bits per heavy atom. The van der Waals surface area contributed by atoms with E-state index in [0.717, 1.165) is 0 Å². The van der Waals surface area contributed by atoms with Crippen molar-refractivity contribution in [3.8, 4) is 27.9 Å². The van der Waals surface area contributed by atoms with Crippen LogP contribution in [-0.2, 0) is 5.41 Å². The third-order valence-electron chi connectivity index (χ3n) is 9.51. The van der Waals surface area contributed by atoms with Crippen molar-refractivity contribution in [2.45, 2.75) is 5.41 Å². The molecule has 206 valence electrons. The van der Waals surface area contributed by atoms with E-state index in [4.69, 9.17) is 0 Å². The van der Waals surface area contributed by atoms with Crippen LogP contribution >= 0.6 is 0 Å². The van der Waals surface area contributed by atoms with Gasteiger partial charge in [0.1, 0.15) is 0 Å². The molecule has 1 heteroatoms. The molecule has 1 aliphatic carbocycles. The molecule has 0 radical (unpaired) electrons. The number of hydrogen-bond donors (Lipinski definition) is 0. The number of benzene rings is 7. The van der Waals surface area contributed by atoms with E-state index in [9.17, 15) is 0 Å². The first kappa shape index (κ1) is 24.9.